The van der Waals surface area contributed by atoms with Crippen LogP contribution in [0.25, 0.3) is 0 Å². The van der Waals surface area contributed by atoms with E-state index in [1.165, 1.54) is 4.90 Å². The van der Waals surface area contributed by atoms with Gasteiger partial charge in [0, 0.05) is 5.02 Å². The Kier molecular flexibility index (Phi) is 2.36. The number of carbonyl (C=O) groups excluding carboxylic acids is 2. The van der Waals surface area contributed by atoms with Gasteiger partial charge in [-0.05, 0) is 48.3 Å². The van der Waals surface area contributed by atoms with Gasteiger partial charge in [-0.15, -0.1) is 0 Å². The summed E-state index contributed by atoms with van der Waals surface area (Å²) < 4.78 is 0. The van der Waals surface area contributed by atoms with Crippen molar-refractivity contribution < 1.29 is 9.59 Å². The third-order valence-electron chi connectivity index (χ3n) is 6.00. The molecule has 0 N–H and O–H groups in total. The van der Waals surface area contributed by atoms with Gasteiger partial charge in [0.1, 0.15) is 0 Å². The van der Waals surface area contributed by atoms with Crippen molar-refractivity contribution in [1.82, 2.24) is 0 Å². The number of benzene rings is 1. The second-order valence-electron chi connectivity index (χ2n) is 6.83. The van der Waals surface area contributed by atoms with Gasteiger partial charge >= 0.3 is 0 Å². The number of rotatable bonds is 1. The molecular weight excluding hydrogens is 321 g/mol. The van der Waals surface area contributed by atoms with E-state index in [0.717, 1.165) is 12.8 Å². The van der Waals surface area contributed by atoms with E-state index in [1.807, 2.05) is 0 Å². The summed E-state index contributed by atoms with van der Waals surface area (Å²) in [6.45, 7) is 0. The molecule has 1 saturated heterocycles. The molecule has 2 saturated carbocycles. The highest BCUT2D eigenvalue weighted by Gasteiger charge is 2.73. The normalized spacial score (nSPS) is 36.5. The minimum absolute atomic E-state index is 0.0950. The van der Waals surface area contributed by atoms with E-state index >= 15 is 0 Å². The van der Waals surface area contributed by atoms with E-state index in [0.29, 0.717) is 15.7 Å². The molecule has 3 fully saturated rings. The third-order valence-corrected chi connectivity index (χ3v) is 6.54. The molecule has 1 spiro atoms. The second-order valence-corrected chi connectivity index (χ2v) is 7.67. The standard InChI is InChI=1S/C17H13Cl2NO2/c18-8-1-4-12(11(19)7-8)20-15(21)13-9-2-3-10(14(13)16(20)22)17(9)5-6-17/h1-4,7,9-10,13-14H,5-6H2/t9-,10-,13-,14+/m0/s1. The van der Waals surface area contributed by atoms with Crippen molar-refractivity contribution in [2.45, 2.75) is 12.8 Å². The number of nitrogens with zero attached hydrogens (tertiary/aromatic N) is 1. The first-order valence-electron chi connectivity index (χ1n) is 7.56. The Labute approximate surface area is 137 Å². The van der Waals surface area contributed by atoms with Gasteiger partial charge in [-0.3, -0.25) is 9.59 Å². The van der Waals surface area contributed by atoms with E-state index < -0.39 is 0 Å². The van der Waals surface area contributed by atoms with Gasteiger partial charge < -0.3 is 0 Å². The first-order valence-corrected chi connectivity index (χ1v) is 8.31. The zero-order valence-electron chi connectivity index (χ0n) is 11.6. The molecule has 1 heterocycles. The summed E-state index contributed by atoms with van der Waals surface area (Å²) in [7, 11) is 0. The number of imide groups is 1. The van der Waals surface area contributed by atoms with Crippen molar-refractivity contribution in [3.63, 3.8) is 0 Å². The molecule has 2 bridgehead atoms. The summed E-state index contributed by atoms with van der Waals surface area (Å²) >= 11 is 12.1. The lowest BCUT2D eigenvalue weighted by atomic mass is 9.85. The number of hydrogen-bond donors (Lipinski definition) is 0. The predicted octanol–water partition coefficient (Wildman–Crippen LogP) is 3.70. The van der Waals surface area contributed by atoms with E-state index in [2.05, 4.69) is 12.2 Å². The van der Waals surface area contributed by atoms with Crippen LogP contribution in [-0.4, -0.2) is 11.8 Å². The molecule has 4 aliphatic rings. The predicted molar refractivity (Wildman–Crippen MR) is 83.7 cm³/mol. The highest BCUT2D eigenvalue weighted by atomic mass is 35.5. The number of hydrogen-bond acceptors (Lipinski definition) is 2. The average molecular weight is 334 g/mol. The Morgan fingerprint density at radius 1 is 1.00 bits per heavy atom. The molecule has 112 valence electrons. The fraction of sp³-hybridized carbons (Fsp3) is 0.412. The first kappa shape index (κ1) is 13.1. The Morgan fingerprint density at radius 3 is 2.09 bits per heavy atom. The van der Waals surface area contributed by atoms with Crippen molar-refractivity contribution in [3.05, 3.63) is 40.4 Å². The summed E-state index contributed by atoms with van der Waals surface area (Å²) in [5.41, 5.74) is 0.677. The van der Waals surface area contributed by atoms with E-state index in [1.54, 1.807) is 18.2 Å². The van der Waals surface area contributed by atoms with Crippen LogP contribution in [0.5, 0.6) is 0 Å². The minimum atomic E-state index is -0.197. The Morgan fingerprint density at radius 2 is 1.59 bits per heavy atom. The van der Waals surface area contributed by atoms with Crippen molar-refractivity contribution in [1.29, 1.82) is 0 Å². The molecule has 4 atom stereocenters. The summed E-state index contributed by atoms with van der Waals surface area (Å²) in [5, 5.41) is 0.835. The largest absolute Gasteiger partial charge is 0.274 e. The number of carbonyl (C=O) groups is 2. The van der Waals surface area contributed by atoms with Gasteiger partial charge in [-0.2, -0.15) is 0 Å². The number of halogens is 2. The van der Waals surface area contributed by atoms with Crippen molar-refractivity contribution in [2.24, 2.45) is 29.1 Å². The molecule has 22 heavy (non-hydrogen) atoms. The average Bonchev–Trinajstić information content (AvgIpc) is 3.07. The SMILES string of the molecule is O=C1[C@@H]2[C@H](C(=O)N1c1ccc(Cl)cc1Cl)[C@@H]1C=C[C@@H]2C12CC2. The molecule has 0 radical (unpaired) electrons. The lowest BCUT2D eigenvalue weighted by Gasteiger charge is -2.22. The van der Waals surface area contributed by atoms with Crippen LogP contribution in [-0.2, 0) is 9.59 Å². The van der Waals surface area contributed by atoms with Gasteiger partial charge in [0.05, 0.1) is 22.5 Å². The summed E-state index contributed by atoms with van der Waals surface area (Å²) in [4.78, 5) is 27.1. The monoisotopic (exact) mass is 333 g/mol. The van der Waals surface area contributed by atoms with Crippen LogP contribution in [0.2, 0.25) is 10.0 Å². The van der Waals surface area contributed by atoms with E-state index in [-0.39, 0.29) is 40.9 Å². The highest BCUT2D eigenvalue weighted by molar-refractivity contribution is 6.38. The summed E-state index contributed by atoms with van der Waals surface area (Å²) in [6.07, 6.45) is 6.61. The third kappa shape index (κ3) is 1.35. The van der Waals surface area contributed by atoms with Crippen molar-refractivity contribution >= 4 is 40.7 Å². The van der Waals surface area contributed by atoms with E-state index in [9.17, 15) is 9.59 Å². The van der Waals surface area contributed by atoms with Gasteiger partial charge in [0.15, 0.2) is 0 Å². The maximum Gasteiger partial charge on any atom is 0.238 e. The molecule has 0 aromatic heterocycles. The van der Waals surface area contributed by atoms with Crippen LogP contribution >= 0.6 is 23.2 Å². The Hall–Kier alpha value is -1.32. The second kappa shape index (κ2) is 3.95. The molecule has 1 aromatic rings. The van der Waals surface area contributed by atoms with Crippen LogP contribution in [0.4, 0.5) is 5.69 Å². The van der Waals surface area contributed by atoms with Crippen LogP contribution in [0.3, 0.4) is 0 Å². The number of anilines is 1. The fourth-order valence-corrected chi connectivity index (χ4v) is 5.47. The lowest BCUT2D eigenvalue weighted by molar-refractivity contribution is -0.123. The lowest BCUT2D eigenvalue weighted by Crippen LogP contribution is -2.34. The molecule has 2 amide bonds. The Balaban J connectivity index is 1.59. The summed E-state index contributed by atoms with van der Waals surface area (Å²) in [5.74, 6) is -0.122. The zero-order chi connectivity index (χ0) is 15.2. The maximum atomic E-state index is 12.9. The molecule has 3 aliphatic carbocycles. The minimum Gasteiger partial charge on any atom is -0.274 e. The molecule has 3 nitrogen and oxygen atoms in total. The Bertz CT molecular complexity index is 734. The maximum absolute atomic E-state index is 12.9. The van der Waals surface area contributed by atoms with Crippen LogP contribution in [0.1, 0.15) is 12.8 Å². The molecule has 5 heteroatoms. The van der Waals surface area contributed by atoms with Crippen LogP contribution in [0, 0.1) is 29.1 Å². The fourth-order valence-electron chi connectivity index (χ4n) is 4.98. The smallest absolute Gasteiger partial charge is 0.238 e. The van der Waals surface area contributed by atoms with E-state index in [4.69, 9.17) is 23.2 Å². The molecule has 1 aromatic carbocycles. The highest BCUT2D eigenvalue weighted by Crippen LogP contribution is 2.73. The number of fused-ring (bicyclic) bond motifs is 3. The molecule has 0 unspecified atom stereocenters. The van der Waals surface area contributed by atoms with Gasteiger partial charge in [-0.25, -0.2) is 4.90 Å². The topological polar surface area (TPSA) is 37.4 Å². The number of amides is 2. The number of allylic oxidation sites excluding steroid dienone is 2. The van der Waals surface area contributed by atoms with Crippen molar-refractivity contribution in [3.8, 4) is 0 Å². The van der Waals surface area contributed by atoms with Crippen LogP contribution in [0.15, 0.2) is 30.4 Å². The quantitative estimate of drug-likeness (QED) is 0.580. The first-order chi connectivity index (χ1) is 10.5. The zero-order valence-corrected chi connectivity index (χ0v) is 13.1. The molecule has 5 rings (SSSR count). The van der Waals surface area contributed by atoms with Crippen molar-refractivity contribution in [2.75, 3.05) is 4.90 Å². The summed E-state index contributed by atoms with van der Waals surface area (Å²) in [6, 6.07) is 4.89. The van der Waals surface area contributed by atoms with Gasteiger partial charge in [0.2, 0.25) is 11.8 Å². The van der Waals surface area contributed by atoms with Crippen LogP contribution < -0.4 is 4.90 Å². The van der Waals surface area contributed by atoms with Gasteiger partial charge in [0.25, 0.3) is 0 Å². The molecular formula is C17H13Cl2NO2. The molecule has 1 aliphatic heterocycles. The van der Waals surface area contributed by atoms with Gasteiger partial charge in [-0.1, -0.05) is 35.4 Å².